The largest absolute Gasteiger partial charge is 0.336 e. The summed E-state index contributed by atoms with van der Waals surface area (Å²) in [7, 11) is 2.09. The number of likely N-dealkylation sites (N-methyl/N-ethyl adjacent to an activating group) is 1. The molecule has 2 aliphatic rings. The summed E-state index contributed by atoms with van der Waals surface area (Å²) in [6.07, 6.45) is 0. The average Bonchev–Trinajstić information content (AvgIpc) is 3.14. The van der Waals surface area contributed by atoms with Gasteiger partial charge in [0.15, 0.2) is 0 Å². The molecule has 0 radical (unpaired) electrons. The molecule has 27 heavy (non-hydrogen) atoms. The lowest BCUT2D eigenvalue weighted by Gasteiger charge is -2.40. The summed E-state index contributed by atoms with van der Waals surface area (Å²) in [6.45, 7) is 3.60. The van der Waals surface area contributed by atoms with Crippen LogP contribution in [0.4, 0.5) is 10.5 Å². The quantitative estimate of drug-likeness (QED) is 0.910. The molecule has 6 heteroatoms. The summed E-state index contributed by atoms with van der Waals surface area (Å²) in [5.74, 6) is 0.0124. The second-order valence-corrected chi connectivity index (χ2v) is 7.12. The first-order valence-electron chi connectivity index (χ1n) is 9.33. The van der Waals surface area contributed by atoms with E-state index in [-0.39, 0.29) is 18.0 Å². The standard InChI is InChI=1S/C21H24N4O2/c1-23-12-13-25(19(15-23)16-6-3-2-4-7-16)20(26)17-8-5-9-18(14-17)24-11-10-22-21(24)27/h2-9,14,19H,10-13,15H2,1H3,(H,22,27)/t19-/m0/s1. The summed E-state index contributed by atoms with van der Waals surface area (Å²) in [5, 5.41) is 2.80. The Kier molecular flexibility index (Phi) is 4.81. The fourth-order valence-electron chi connectivity index (χ4n) is 3.81. The van der Waals surface area contributed by atoms with Crippen molar-refractivity contribution in [2.75, 3.05) is 44.7 Å². The van der Waals surface area contributed by atoms with E-state index in [2.05, 4.69) is 29.4 Å². The van der Waals surface area contributed by atoms with E-state index < -0.39 is 0 Å². The van der Waals surface area contributed by atoms with Gasteiger partial charge in [-0.1, -0.05) is 36.4 Å². The molecule has 2 aromatic carbocycles. The van der Waals surface area contributed by atoms with Crippen LogP contribution in [-0.4, -0.2) is 61.5 Å². The van der Waals surface area contributed by atoms with Crippen LogP contribution in [-0.2, 0) is 0 Å². The van der Waals surface area contributed by atoms with Gasteiger partial charge in [-0.25, -0.2) is 4.79 Å². The van der Waals surface area contributed by atoms with E-state index in [0.717, 1.165) is 24.3 Å². The summed E-state index contributed by atoms with van der Waals surface area (Å²) in [5.41, 5.74) is 2.53. The minimum absolute atomic E-state index is 0.0124. The molecule has 1 N–H and O–H groups in total. The molecular weight excluding hydrogens is 340 g/mol. The maximum Gasteiger partial charge on any atom is 0.321 e. The number of nitrogens with one attached hydrogen (secondary N) is 1. The number of anilines is 1. The number of carbonyl (C=O) groups is 2. The predicted octanol–water partition coefficient (Wildman–Crippen LogP) is 2.35. The van der Waals surface area contributed by atoms with Crippen molar-refractivity contribution in [3.8, 4) is 0 Å². The number of piperazine rings is 1. The Bertz CT molecular complexity index is 839. The van der Waals surface area contributed by atoms with Gasteiger partial charge >= 0.3 is 6.03 Å². The van der Waals surface area contributed by atoms with Crippen molar-refractivity contribution in [3.63, 3.8) is 0 Å². The first kappa shape index (κ1) is 17.5. The average molecular weight is 364 g/mol. The van der Waals surface area contributed by atoms with Crippen molar-refractivity contribution >= 4 is 17.6 Å². The van der Waals surface area contributed by atoms with E-state index in [4.69, 9.17) is 0 Å². The summed E-state index contributed by atoms with van der Waals surface area (Å²) in [6, 6.07) is 17.5. The van der Waals surface area contributed by atoms with Crippen molar-refractivity contribution in [1.82, 2.24) is 15.1 Å². The molecule has 4 rings (SSSR count). The number of rotatable bonds is 3. The number of nitrogens with zero attached hydrogens (tertiary/aromatic N) is 3. The molecule has 2 saturated heterocycles. The van der Waals surface area contributed by atoms with E-state index in [1.165, 1.54) is 0 Å². The minimum atomic E-state index is -0.110. The number of amides is 3. The third kappa shape index (κ3) is 3.53. The first-order valence-corrected chi connectivity index (χ1v) is 9.33. The van der Waals surface area contributed by atoms with Crippen molar-refractivity contribution in [1.29, 1.82) is 0 Å². The summed E-state index contributed by atoms with van der Waals surface area (Å²) >= 11 is 0. The van der Waals surface area contributed by atoms with Crippen LogP contribution in [0.5, 0.6) is 0 Å². The summed E-state index contributed by atoms with van der Waals surface area (Å²) < 4.78 is 0. The van der Waals surface area contributed by atoms with Crippen molar-refractivity contribution in [2.24, 2.45) is 0 Å². The molecule has 2 aliphatic heterocycles. The maximum atomic E-state index is 13.3. The number of urea groups is 1. The maximum absolute atomic E-state index is 13.3. The highest BCUT2D eigenvalue weighted by Crippen LogP contribution is 2.27. The van der Waals surface area contributed by atoms with Gasteiger partial charge in [0, 0.05) is 44.0 Å². The second kappa shape index (κ2) is 7.40. The monoisotopic (exact) mass is 364 g/mol. The van der Waals surface area contributed by atoms with Gasteiger partial charge in [-0.2, -0.15) is 0 Å². The molecule has 2 aromatic rings. The fourth-order valence-corrected chi connectivity index (χ4v) is 3.81. The Labute approximate surface area is 159 Å². The van der Waals surface area contributed by atoms with Gasteiger partial charge in [0.25, 0.3) is 5.91 Å². The molecule has 0 bridgehead atoms. The molecule has 1 atom stereocenters. The van der Waals surface area contributed by atoms with E-state index >= 15 is 0 Å². The van der Waals surface area contributed by atoms with Crippen molar-refractivity contribution in [3.05, 3.63) is 65.7 Å². The zero-order chi connectivity index (χ0) is 18.8. The Morgan fingerprint density at radius 1 is 1.04 bits per heavy atom. The minimum Gasteiger partial charge on any atom is -0.336 e. The van der Waals surface area contributed by atoms with Crippen LogP contribution in [0, 0.1) is 0 Å². The van der Waals surface area contributed by atoms with E-state index in [1.807, 2.05) is 47.4 Å². The zero-order valence-electron chi connectivity index (χ0n) is 15.5. The third-order valence-corrected chi connectivity index (χ3v) is 5.29. The molecule has 0 aromatic heterocycles. The molecule has 0 aliphatic carbocycles. The lowest BCUT2D eigenvalue weighted by Crippen LogP contribution is -2.49. The van der Waals surface area contributed by atoms with Crippen molar-refractivity contribution in [2.45, 2.75) is 6.04 Å². The van der Waals surface area contributed by atoms with Crippen LogP contribution in [0.15, 0.2) is 54.6 Å². The van der Waals surface area contributed by atoms with Crippen LogP contribution in [0.2, 0.25) is 0 Å². The van der Waals surface area contributed by atoms with Gasteiger partial charge in [-0.15, -0.1) is 0 Å². The topological polar surface area (TPSA) is 55.9 Å². The van der Waals surface area contributed by atoms with Crippen molar-refractivity contribution < 1.29 is 9.59 Å². The third-order valence-electron chi connectivity index (χ3n) is 5.29. The lowest BCUT2D eigenvalue weighted by atomic mass is 10.0. The number of benzene rings is 2. The van der Waals surface area contributed by atoms with Crippen LogP contribution >= 0.6 is 0 Å². The molecule has 140 valence electrons. The van der Waals surface area contributed by atoms with Gasteiger partial charge in [-0.3, -0.25) is 9.69 Å². The van der Waals surface area contributed by atoms with Gasteiger partial charge < -0.3 is 15.1 Å². The van der Waals surface area contributed by atoms with E-state index in [1.54, 1.807) is 4.90 Å². The van der Waals surface area contributed by atoms with Crippen LogP contribution in [0.25, 0.3) is 0 Å². The van der Waals surface area contributed by atoms with Crippen LogP contribution in [0.1, 0.15) is 22.0 Å². The van der Waals surface area contributed by atoms with Crippen LogP contribution in [0.3, 0.4) is 0 Å². The Morgan fingerprint density at radius 3 is 2.59 bits per heavy atom. The number of hydrogen-bond donors (Lipinski definition) is 1. The highest BCUT2D eigenvalue weighted by atomic mass is 16.2. The summed E-state index contributed by atoms with van der Waals surface area (Å²) in [4.78, 5) is 31.2. The van der Waals surface area contributed by atoms with Gasteiger partial charge in [0.2, 0.25) is 0 Å². The molecule has 0 saturated carbocycles. The normalized spacial score (nSPS) is 20.6. The van der Waals surface area contributed by atoms with Crippen LogP contribution < -0.4 is 10.2 Å². The molecule has 2 fully saturated rings. The van der Waals surface area contributed by atoms with E-state index in [0.29, 0.717) is 25.2 Å². The smallest absolute Gasteiger partial charge is 0.321 e. The Morgan fingerprint density at radius 2 is 1.85 bits per heavy atom. The molecule has 2 heterocycles. The highest BCUT2D eigenvalue weighted by Gasteiger charge is 2.31. The zero-order valence-corrected chi connectivity index (χ0v) is 15.5. The lowest BCUT2D eigenvalue weighted by molar-refractivity contribution is 0.0498. The first-order chi connectivity index (χ1) is 13.1. The number of carbonyl (C=O) groups excluding carboxylic acids is 2. The van der Waals surface area contributed by atoms with Gasteiger partial charge in [-0.05, 0) is 30.8 Å². The Hall–Kier alpha value is -2.86. The van der Waals surface area contributed by atoms with Gasteiger partial charge in [0.1, 0.15) is 0 Å². The highest BCUT2D eigenvalue weighted by molar-refractivity contribution is 5.98. The SMILES string of the molecule is CN1CCN(C(=O)c2cccc(N3CCNC3=O)c2)[C@H](c2ccccc2)C1. The predicted molar refractivity (Wildman–Crippen MR) is 105 cm³/mol. The molecule has 0 unspecified atom stereocenters. The number of hydrogen-bond acceptors (Lipinski definition) is 3. The fraction of sp³-hybridized carbons (Fsp3) is 0.333. The molecule has 0 spiro atoms. The Balaban J connectivity index is 1.62. The molecule has 6 nitrogen and oxygen atoms in total. The molecular formula is C21H24N4O2. The molecule has 3 amide bonds. The second-order valence-electron chi connectivity index (χ2n) is 7.12. The van der Waals surface area contributed by atoms with E-state index in [9.17, 15) is 9.59 Å². The van der Waals surface area contributed by atoms with Gasteiger partial charge in [0.05, 0.1) is 6.04 Å².